The summed E-state index contributed by atoms with van der Waals surface area (Å²) in [4.78, 5) is 94.7. The number of rotatable bonds is 50. The molecule has 7 aromatic rings. The summed E-state index contributed by atoms with van der Waals surface area (Å²) in [7, 11) is 12.4. The molecule has 0 aliphatic rings. The van der Waals surface area contributed by atoms with Crippen LogP contribution in [-0.2, 0) is 33.2 Å². The van der Waals surface area contributed by atoms with Crippen molar-refractivity contribution in [1.29, 1.82) is 0 Å². The maximum Gasteiger partial charge on any atom is 0.354 e. The summed E-state index contributed by atoms with van der Waals surface area (Å²) in [6.07, 6.45) is 15.2. The molecule has 0 fully saturated rings. The summed E-state index contributed by atoms with van der Waals surface area (Å²) in [5, 5.41) is 5.66. The number of hydrogen-bond acceptors (Lipinski definition) is 17. The first-order valence-corrected chi connectivity index (χ1v) is 46.7. The zero-order chi connectivity index (χ0) is 89.8. The van der Waals surface area contributed by atoms with E-state index in [1.165, 1.54) is 98.6 Å². The van der Waals surface area contributed by atoms with Gasteiger partial charge in [-0.3, -0.25) is 0 Å². The Bertz CT molecular complexity index is 3450. The molecule has 7 heterocycles. The van der Waals surface area contributed by atoms with Crippen LogP contribution >= 0.6 is 34.0 Å². The van der Waals surface area contributed by atoms with E-state index in [2.05, 4.69) is 166 Å². The second-order valence-corrected chi connectivity index (χ2v) is 35.0. The summed E-state index contributed by atoms with van der Waals surface area (Å²) in [6, 6.07) is 25.1. The normalized spacial score (nSPS) is 11.9. The summed E-state index contributed by atoms with van der Waals surface area (Å²) in [5.41, 5.74) is 2.09. The second-order valence-electron chi connectivity index (χ2n) is 32.1. The molecule has 678 valence electrons. The topological polar surface area (TPSA) is 247 Å². The lowest BCUT2D eigenvalue weighted by atomic mass is 10.2. The molecule has 7 rings (SSSR count). The summed E-state index contributed by atoms with van der Waals surface area (Å²) < 4.78 is 43.7. The van der Waals surface area contributed by atoms with E-state index in [0.717, 1.165) is 156 Å². The fourth-order valence-corrected chi connectivity index (χ4v) is 15.5. The Hall–Kier alpha value is -7.77. The van der Waals surface area contributed by atoms with E-state index in [9.17, 15) is 33.6 Å². The van der Waals surface area contributed by atoms with Gasteiger partial charge in [-0.2, -0.15) is 0 Å². The number of H-pyrrole nitrogens is 4. The molecule has 4 N–H and O–H groups in total. The van der Waals surface area contributed by atoms with Crippen molar-refractivity contribution >= 4 is 75.8 Å². The van der Waals surface area contributed by atoms with E-state index in [1.807, 2.05) is 40.4 Å². The molecule has 28 heteroatoms. The maximum atomic E-state index is 11.8. The second kappa shape index (κ2) is 62.3. The minimum atomic E-state index is -0.288. The summed E-state index contributed by atoms with van der Waals surface area (Å²) in [6.45, 7) is 59.5. The van der Waals surface area contributed by atoms with Crippen molar-refractivity contribution in [1.82, 2.24) is 19.9 Å². The Morgan fingerprint density at radius 2 is 0.458 bits per heavy atom. The number of carbonyl (C=O) groups excluding carboxylic acids is 7. The Kier molecular flexibility index (Phi) is 57.3. The van der Waals surface area contributed by atoms with E-state index in [-0.39, 0.29) is 41.8 Å². The highest BCUT2D eigenvalue weighted by Gasteiger charge is 2.29. The molecule has 0 aromatic carbocycles. The Balaban J connectivity index is 0.000000702. The minimum Gasteiger partial charge on any atom is -0.456 e. The minimum absolute atomic E-state index is 0.183. The highest BCUT2D eigenvalue weighted by Crippen LogP contribution is 2.18. The highest BCUT2D eigenvalue weighted by molar-refractivity contribution is 7.12. The van der Waals surface area contributed by atoms with Gasteiger partial charge in [0.15, 0.2) is 0 Å². The number of aromatic nitrogens is 4. The van der Waals surface area contributed by atoms with E-state index in [1.54, 1.807) is 85.5 Å². The zero-order valence-corrected chi connectivity index (χ0v) is 80.1. The largest absolute Gasteiger partial charge is 0.456 e. The average molecular weight is 1740 g/mol. The first kappa shape index (κ1) is 110. The van der Waals surface area contributed by atoms with Crippen LogP contribution in [0.3, 0.4) is 0 Å². The third-order valence-corrected chi connectivity index (χ3v) is 24.5. The van der Waals surface area contributed by atoms with E-state index >= 15 is 0 Å². The van der Waals surface area contributed by atoms with Crippen LogP contribution in [0.1, 0.15) is 220 Å². The van der Waals surface area contributed by atoms with Crippen LogP contribution in [0.2, 0.25) is 0 Å². The third-order valence-electron chi connectivity index (χ3n) is 21.9. The van der Waals surface area contributed by atoms with Gasteiger partial charge in [-0.25, -0.2) is 33.6 Å². The molecule has 1 unspecified atom stereocenters. The van der Waals surface area contributed by atoms with Crippen LogP contribution in [0.25, 0.3) is 0 Å². The molecule has 0 spiro atoms. The van der Waals surface area contributed by atoms with Crippen molar-refractivity contribution in [3.63, 3.8) is 0 Å². The SMILES string of the molecule is CCCC[N+](CC)(CCC)CCOC(=O)c1ccc[nH]1.CCC[N+](CC)(CCC)CCOC(=O)c1ccc[nH]1.CCC[N+](CC)(CCC)CCOC(=O)c1cccs1.CC[N+](CC)(CC)CCOC(=O)c1ccc[nH]1.CC[N+](CC)(CC)CCOC(=O)c1cccs1.C[N+](C)(C)CCOC(=O)c1ccc[nH]1.C[N+](C)(C)CCOC(=O)c1cccs1. The Morgan fingerprint density at radius 3 is 0.633 bits per heavy atom. The molecule has 7 aromatic heterocycles. The van der Waals surface area contributed by atoms with Crippen LogP contribution in [0.4, 0.5) is 0 Å². The molecule has 0 aliphatic carbocycles. The van der Waals surface area contributed by atoms with Crippen LogP contribution in [-0.4, -0.2) is 326 Å². The molecule has 0 saturated heterocycles. The lowest BCUT2D eigenvalue weighted by Crippen LogP contribution is -2.51. The van der Waals surface area contributed by atoms with Gasteiger partial charge in [-0.1, -0.05) is 66.2 Å². The fraction of sp³-hybridized carbons (Fsp3) is 0.620. The molecule has 25 nitrogen and oxygen atoms in total. The number of thiophene rings is 3. The smallest absolute Gasteiger partial charge is 0.354 e. The lowest BCUT2D eigenvalue weighted by molar-refractivity contribution is -0.926. The van der Waals surface area contributed by atoms with Crippen molar-refractivity contribution in [2.24, 2.45) is 0 Å². The predicted molar refractivity (Wildman–Crippen MR) is 490 cm³/mol. The third kappa shape index (κ3) is 45.4. The quantitative estimate of drug-likeness (QED) is 0.0157. The number of quaternary nitrogens is 7. The van der Waals surface area contributed by atoms with Gasteiger partial charge in [0.2, 0.25) is 0 Å². The molecular formula is C92H160N11O14S3+7. The van der Waals surface area contributed by atoms with Crippen LogP contribution in [0, 0.1) is 0 Å². The molecule has 0 radical (unpaired) electrons. The van der Waals surface area contributed by atoms with Gasteiger partial charge in [-0.15, -0.1) is 34.0 Å². The summed E-state index contributed by atoms with van der Waals surface area (Å²) >= 11 is 4.27. The van der Waals surface area contributed by atoms with Crippen LogP contribution in [0.5, 0.6) is 0 Å². The van der Waals surface area contributed by atoms with Crippen molar-refractivity contribution in [3.05, 3.63) is 163 Å². The van der Waals surface area contributed by atoms with Gasteiger partial charge >= 0.3 is 41.8 Å². The van der Waals surface area contributed by atoms with E-state index in [4.69, 9.17) is 33.2 Å². The molecule has 0 bridgehead atoms. The number of likely N-dealkylation sites (N-methyl/N-ethyl adjacent to an activating group) is 7. The van der Waals surface area contributed by atoms with Crippen molar-refractivity contribution < 1.29 is 98.1 Å². The van der Waals surface area contributed by atoms with Gasteiger partial charge < -0.3 is 84.5 Å². The molecule has 0 amide bonds. The monoisotopic (exact) mass is 1740 g/mol. The number of ether oxygens (including phenoxy) is 7. The standard InChI is InChI=1S/C16H28N2O2.C15H26N2O2.C15H26NO2S.C13H22N2O2.C13H22NO2S.C10H16N2O2.C10H16NO2S/c1-4-7-12-18(6-3,11-5-2)13-14-20-16(19)15-9-8-10-17-15;1-4-10-17(6-3,11-5-2)12-13-19-15(18)14-8-7-9-16-14;1-4-9-16(6-3,10-5-2)11-12-18-15(17)14-8-7-13-19-14;1-4-15(5-2,6-3)10-11-17-13(16)12-8-7-9-14-12;1-4-14(5-2,6-3)9-10-16-13(15)12-8-7-11-17-12;1-12(2,3)7-8-14-10(13)9-5-4-6-11-9;1-11(2,3)6-7-13-10(12)9-5-4-8-14-9/h8-10H,4-7,11-14H2,1-3H3;7-9H,4-6,10-13H2,1-3H3;7-8,13H,4-6,9-12H2,1-3H3;7-9H,4-6,10-11H2,1-3H3;7-8,11H,4-6,9-10H2,1-3H3;4-6H,7-8H2,1-3H3;4-5,8H,6-7H2,1-3H3/q;;+1;;+1;;+1/p+4. The molecule has 120 heavy (non-hydrogen) atoms. The Morgan fingerprint density at radius 1 is 0.250 bits per heavy atom. The van der Waals surface area contributed by atoms with Crippen molar-refractivity contribution in [3.8, 4) is 0 Å². The van der Waals surface area contributed by atoms with Gasteiger partial charge in [0.05, 0.1) is 140 Å². The predicted octanol–water partition coefficient (Wildman–Crippen LogP) is 16.9. The maximum absolute atomic E-state index is 11.8. The van der Waals surface area contributed by atoms with E-state index in [0.29, 0.717) is 83.7 Å². The number of aromatic amines is 4. The highest BCUT2D eigenvalue weighted by atomic mass is 32.1. The van der Waals surface area contributed by atoms with Gasteiger partial charge in [0, 0.05) is 24.8 Å². The van der Waals surface area contributed by atoms with Gasteiger partial charge in [-0.05, 0) is 184 Å². The number of carbonyl (C=O) groups is 7. The van der Waals surface area contributed by atoms with Crippen LogP contribution in [0.15, 0.2) is 126 Å². The van der Waals surface area contributed by atoms with Crippen LogP contribution < -0.4 is 0 Å². The number of unbranched alkanes of at least 4 members (excludes halogenated alkanes) is 1. The molecule has 0 aliphatic heterocycles. The number of nitrogens with one attached hydrogen (secondary N) is 4. The van der Waals surface area contributed by atoms with Crippen molar-refractivity contribution in [2.45, 2.75) is 149 Å². The molecule has 1 atom stereocenters. The zero-order valence-electron chi connectivity index (χ0n) is 77.7. The summed E-state index contributed by atoms with van der Waals surface area (Å²) in [5.74, 6) is -1.66. The molecular weight excluding hydrogens is 1580 g/mol. The van der Waals surface area contributed by atoms with E-state index < -0.39 is 0 Å². The van der Waals surface area contributed by atoms with Gasteiger partial charge in [0.25, 0.3) is 0 Å². The number of hydrogen-bond donors (Lipinski definition) is 4. The number of nitrogens with zero attached hydrogens (tertiary/aromatic N) is 7. The Labute approximate surface area is 734 Å². The van der Waals surface area contributed by atoms with Gasteiger partial charge in [0.1, 0.15) is 129 Å². The molecule has 0 saturated carbocycles. The first-order chi connectivity index (χ1) is 57.3. The van der Waals surface area contributed by atoms with Crippen molar-refractivity contribution in [2.75, 3.05) is 233 Å². The fourth-order valence-electron chi connectivity index (χ4n) is 13.6. The first-order valence-electron chi connectivity index (χ1n) is 44.0. The average Bonchev–Trinajstić information content (AvgIpc) is 1.66. The number of esters is 7. The lowest BCUT2D eigenvalue weighted by Gasteiger charge is -2.37.